The van der Waals surface area contributed by atoms with Crippen LogP contribution in [0.25, 0.3) is 11.4 Å². The maximum atomic E-state index is 12.4. The number of halogens is 1. The number of carbonyl (C=O) groups excluding carboxylic acids is 1. The Kier molecular flexibility index (Phi) is 6.47. The molecule has 0 saturated heterocycles. The maximum Gasteiger partial charge on any atom is 0.251 e. The highest BCUT2D eigenvalue weighted by atomic mass is 35.5. The summed E-state index contributed by atoms with van der Waals surface area (Å²) in [6.07, 6.45) is 0. The number of nitrogens with zero attached hydrogens (tertiary/aromatic N) is 2. The van der Waals surface area contributed by atoms with Gasteiger partial charge >= 0.3 is 0 Å². The molecular weight excluding hydrogens is 418 g/mol. The lowest BCUT2D eigenvalue weighted by atomic mass is 10.1. The molecule has 0 unspecified atom stereocenters. The fraction of sp³-hybridized carbons (Fsp3) is 0.0870. The average Bonchev–Trinajstić information content (AvgIpc) is 3.27. The molecule has 150 valence electrons. The van der Waals surface area contributed by atoms with Gasteiger partial charge in [-0.25, -0.2) is 0 Å². The summed E-state index contributed by atoms with van der Waals surface area (Å²) in [5, 5.41) is 7.38. The number of nitrogens with one attached hydrogen (secondary N) is 1. The summed E-state index contributed by atoms with van der Waals surface area (Å²) in [6, 6.07) is 25.0. The topological polar surface area (TPSA) is 68.0 Å². The molecule has 4 rings (SSSR count). The van der Waals surface area contributed by atoms with Crippen LogP contribution in [-0.4, -0.2) is 16.0 Å². The summed E-state index contributed by atoms with van der Waals surface area (Å²) >= 11 is 7.65. The summed E-state index contributed by atoms with van der Waals surface area (Å²) in [5.74, 6) is 1.45. The van der Waals surface area contributed by atoms with Crippen LogP contribution in [0, 0.1) is 0 Å². The highest BCUT2D eigenvalue weighted by Crippen LogP contribution is 2.22. The molecule has 0 spiro atoms. The van der Waals surface area contributed by atoms with E-state index in [9.17, 15) is 4.79 Å². The minimum Gasteiger partial charge on any atom is -0.343 e. The lowest BCUT2D eigenvalue weighted by molar-refractivity contribution is 0.0946. The van der Waals surface area contributed by atoms with Crippen LogP contribution in [0.1, 0.15) is 21.8 Å². The van der Waals surface area contributed by atoms with Gasteiger partial charge < -0.3 is 9.84 Å². The van der Waals surface area contributed by atoms with Crippen molar-refractivity contribution >= 4 is 29.3 Å². The van der Waals surface area contributed by atoms with Crippen LogP contribution >= 0.6 is 23.4 Å². The molecule has 1 aromatic heterocycles. The fourth-order valence-corrected chi connectivity index (χ4v) is 3.74. The lowest BCUT2D eigenvalue weighted by Gasteiger charge is -2.05. The van der Waals surface area contributed by atoms with Gasteiger partial charge in [0.15, 0.2) is 0 Å². The predicted octanol–water partition coefficient (Wildman–Crippen LogP) is 5.61. The predicted molar refractivity (Wildman–Crippen MR) is 118 cm³/mol. The number of hydrogen-bond donors (Lipinski definition) is 1. The third-order valence-corrected chi connectivity index (χ3v) is 5.67. The van der Waals surface area contributed by atoms with Gasteiger partial charge in [0.2, 0.25) is 11.7 Å². The smallest absolute Gasteiger partial charge is 0.251 e. The van der Waals surface area contributed by atoms with Gasteiger partial charge in [0.05, 0.1) is 6.54 Å². The lowest BCUT2D eigenvalue weighted by Crippen LogP contribution is -2.22. The van der Waals surface area contributed by atoms with E-state index in [-0.39, 0.29) is 12.5 Å². The molecule has 7 heteroatoms. The first-order valence-corrected chi connectivity index (χ1v) is 10.7. The number of benzene rings is 3. The first kappa shape index (κ1) is 20.2. The second-order valence-corrected chi connectivity index (χ2v) is 7.99. The van der Waals surface area contributed by atoms with Crippen molar-refractivity contribution in [3.8, 4) is 11.4 Å². The highest BCUT2D eigenvalue weighted by molar-refractivity contribution is 7.98. The second-order valence-electron chi connectivity index (χ2n) is 6.50. The summed E-state index contributed by atoms with van der Waals surface area (Å²) in [4.78, 5) is 17.9. The molecule has 0 aliphatic heterocycles. The standard InChI is InChI=1S/C23H18ClN3O2S/c24-19-12-10-17(11-13-19)22-26-21(29-27-22)14-25-23(28)18-8-6-16(7-9-18)15-30-20-4-2-1-3-5-20/h1-13H,14-15H2,(H,25,28). The van der Waals surface area contributed by atoms with Gasteiger partial charge in [-0.05, 0) is 54.1 Å². The molecule has 0 saturated carbocycles. The van der Waals surface area contributed by atoms with Crippen molar-refractivity contribution in [3.05, 3.63) is 101 Å². The van der Waals surface area contributed by atoms with Crippen LogP contribution in [-0.2, 0) is 12.3 Å². The van der Waals surface area contributed by atoms with Gasteiger partial charge in [-0.3, -0.25) is 4.79 Å². The SMILES string of the molecule is O=C(NCc1nc(-c2ccc(Cl)cc2)no1)c1ccc(CSc2ccccc2)cc1. The summed E-state index contributed by atoms with van der Waals surface area (Å²) in [6.45, 7) is 0.158. The van der Waals surface area contributed by atoms with Crippen LogP contribution in [0.3, 0.4) is 0 Å². The van der Waals surface area contributed by atoms with Crippen LogP contribution in [0.4, 0.5) is 0 Å². The van der Waals surface area contributed by atoms with E-state index in [1.54, 1.807) is 23.9 Å². The number of amides is 1. The van der Waals surface area contributed by atoms with Gasteiger partial charge in [0.1, 0.15) is 0 Å². The minimum atomic E-state index is -0.191. The van der Waals surface area contributed by atoms with E-state index in [1.807, 2.05) is 54.6 Å². The molecular formula is C23H18ClN3O2S. The zero-order valence-electron chi connectivity index (χ0n) is 15.9. The quantitative estimate of drug-likeness (QED) is 0.382. The van der Waals surface area contributed by atoms with E-state index in [0.29, 0.717) is 22.3 Å². The third-order valence-electron chi connectivity index (χ3n) is 4.34. The summed E-state index contributed by atoms with van der Waals surface area (Å²) in [7, 11) is 0. The number of hydrogen-bond acceptors (Lipinski definition) is 5. The van der Waals surface area contributed by atoms with E-state index in [1.165, 1.54) is 4.90 Å². The number of thioether (sulfide) groups is 1. The normalized spacial score (nSPS) is 10.7. The number of aromatic nitrogens is 2. The Hall–Kier alpha value is -3.09. The molecule has 0 aliphatic rings. The number of carbonyl (C=O) groups is 1. The molecule has 0 radical (unpaired) electrons. The van der Waals surface area contributed by atoms with E-state index in [0.717, 1.165) is 16.9 Å². The molecule has 1 heterocycles. The van der Waals surface area contributed by atoms with Gasteiger partial charge in [0, 0.05) is 26.8 Å². The highest BCUT2D eigenvalue weighted by Gasteiger charge is 2.11. The van der Waals surface area contributed by atoms with Crippen molar-refractivity contribution in [1.82, 2.24) is 15.5 Å². The van der Waals surface area contributed by atoms with Crippen LogP contribution in [0.2, 0.25) is 5.02 Å². The molecule has 0 bridgehead atoms. The van der Waals surface area contributed by atoms with Gasteiger partial charge in [0.25, 0.3) is 5.91 Å². The second kappa shape index (κ2) is 9.61. The Morgan fingerprint density at radius 2 is 1.70 bits per heavy atom. The monoisotopic (exact) mass is 435 g/mol. The van der Waals surface area contributed by atoms with Crippen molar-refractivity contribution in [2.45, 2.75) is 17.2 Å². The molecule has 0 aliphatic carbocycles. The van der Waals surface area contributed by atoms with Gasteiger partial charge in [-0.1, -0.05) is 47.1 Å². The van der Waals surface area contributed by atoms with Crippen LogP contribution < -0.4 is 5.32 Å². The average molecular weight is 436 g/mol. The van der Waals surface area contributed by atoms with Crippen molar-refractivity contribution in [2.75, 3.05) is 0 Å². The third kappa shape index (κ3) is 5.28. The summed E-state index contributed by atoms with van der Waals surface area (Å²) in [5.41, 5.74) is 2.54. The Balaban J connectivity index is 1.30. The van der Waals surface area contributed by atoms with E-state index >= 15 is 0 Å². The van der Waals surface area contributed by atoms with E-state index in [4.69, 9.17) is 16.1 Å². The molecule has 1 N–H and O–H groups in total. The zero-order chi connectivity index (χ0) is 20.8. The summed E-state index contributed by atoms with van der Waals surface area (Å²) < 4.78 is 5.22. The molecule has 4 aromatic rings. The Morgan fingerprint density at radius 1 is 0.967 bits per heavy atom. The fourth-order valence-electron chi connectivity index (χ4n) is 2.74. The molecule has 1 amide bonds. The number of rotatable bonds is 7. The molecule has 0 atom stereocenters. The van der Waals surface area contributed by atoms with Crippen molar-refractivity contribution < 1.29 is 9.32 Å². The van der Waals surface area contributed by atoms with Gasteiger partial charge in [-0.2, -0.15) is 4.98 Å². The van der Waals surface area contributed by atoms with Crippen molar-refractivity contribution in [2.24, 2.45) is 0 Å². The van der Waals surface area contributed by atoms with Gasteiger partial charge in [-0.15, -0.1) is 11.8 Å². The Labute approximate surface area is 183 Å². The van der Waals surface area contributed by atoms with E-state index in [2.05, 4.69) is 27.6 Å². The first-order chi connectivity index (χ1) is 14.7. The first-order valence-electron chi connectivity index (χ1n) is 9.31. The molecule has 0 fully saturated rings. The Morgan fingerprint density at radius 3 is 2.43 bits per heavy atom. The van der Waals surface area contributed by atoms with E-state index < -0.39 is 0 Å². The van der Waals surface area contributed by atoms with Crippen molar-refractivity contribution in [1.29, 1.82) is 0 Å². The molecule has 5 nitrogen and oxygen atoms in total. The minimum absolute atomic E-state index is 0.158. The van der Waals surface area contributed by atoms with Crippen LogP contribution in [0.5, 0.6) is 0 Å². The molecule has 30 heavy (non-hydrogen) atoms. The zero-order valence-corrected chi connectivity index (χ0v) is 17.5. The maximum absolute atomic E-state index is 12.4. The largest absolute Gasteiger partial charge is 0.343 e. The molecule has 3 aromatic carbocycles. The van der Waals surface area contributed by atoms with Crippen molar-refractivity contribution in [3.63, 3.8) is 0 Å². The van der Waals surface area contributed by atoms with Crippen LogP contribution in [0.15, 0.2) is 88.3 Å². The Bertz CT molecular complexity index is 1110.